The van der Waals surface area contributed by atoms with Gasteiger partial charge < -0.3 is 14.8 Å². The van der Waals surface area contributed by atoms with Gasteiger partial charge in [-0.15, -0.1) is 0 Å². The third-order valence-electron chi connectivity index (χ3n) is 3.70. The summed E-state index contributed by atoms with van der Waals surface area (Å²) in [6.07, 6.45) is 0.477. The van der Waals surface area contributed by atoms with Crippen molar-refractivity contribution in [1.29, 1.82) is 0 Å². The van der Waals surface area contributed by atoms with Gasteiger partial charge in [-0.25, -0.2) is 4.79 Å². The Morgan fingerprint density at radius 2 is 1.95 bits per heavy atom. The van der Waals surface area contributed by atoms with Gasteiger partial charge in [-0.2, -0.15) is 0 Å². The number of benzene rings is 1. The molecule has 0 radical (unpaired) electrons. The Morgan fingerprint density at radius 1 is 1.27 bits per heavy atom. The average molecular weight is 305 g/mol. The molecule has 5 nitrogen and oxygen atoms in total. The van der Waals surface area contributed by atoms with Gasteiger partial charge in [-0.1, -0.05) is 24.3 Å². The van der Waals surface area contributed by atoms with E-state index < -0.39 is 11.7 Å². The van der Waals surface area contributed by atoms with E-state index in [0.29, 0.717) is 6.42 Å². The van der Waals surface area contributed by atoms with Gasteiger partial charge in [0.25, 0.3) is 0 Å². The largest absolute Gasteiger partial charge is 0.469 e. The summed E-state index contributed by atoms with van der Waals surface area (Å²) in [5, 5.41) is 2.89. The SMILES string of the molecule is COC(=O)CC1c2ccccc2CC1NC(=O)OC(C)(C)C. The molecule has 0 aromatic heterocycles. The summed E-state index contributed by atoms with van der Waals surface area (Å²) in [6.45, 7) is 5.46. The van der Waals surface area contributed by atoms with Crippen LogP contribution in [0.4, 0.5) is 4.79 Å². The first-order valence-electron chi connectivity index (χ1n) is 7.44. The van der Waals surface area contributed by atoms with Crippen LogP contribution in [0.15, 0.2) is 24.3 Å². The average Bonchev–Trinajstić information content (AvgIpc) is 2.74. The Kier molecular flexibility index (Phi) is 4.74. The smallest absolute Gasteiger partial charge is 0.407 e. The van der Waals surface area contributed by atoms with E-state index in [-0.39, 0.29) is 24.3 Å². The predicted molar refractivity (Wildman–Crippen MR) is 82.7 cm³/mol. The number of alkyl carbamates (subject to hydrolysis) is 1. The van der Waals surface area contributed by atoms with Crippen LogP contribution in [0.25, 0.3) is 0 Å². The first-order chi connectivity index (χ1) is 10.3. The van der Waals surface area contributed by atoms with Crippen molar-refractivity contribution in [3.8, 4) is 0 Å². The van der Waals surface area contributed by atoms with Crippen molar-refractivity contribution in [2.24, 2.45) is 0 Å². The molecule has 2 rings (SSSR count). The number of hydrogen-bond donors (Lipinski definition) is 1. The van der Waals surface area contributed by atoms with E-state index in [4.69, 9.17) is 9.47 Å². The number of hydrogen-bond acceptors (Lipinski definition) is 4. The van der Waals surface area contributed by atoms with Crippen LogP contribution in [0, 0.1) is 0 Å². The molecule has 5 heteroatoms. The number of rotatable bonds is 3. The van der Waals surface area contributed by atoms with Gasteiger partial charge in [0.15, 0.2) is 0 Å². The van der Waals surface area contributed by atoms with E-state index >= 15 is 0 Å². The van der Waals surface area contributed by atoms with Crippen LogP contribution in [-0.4, -0.2) is 30.8 Å². The van der Waals surface area contributed by atoms with Crippen molar-refractivity contribution < 1.29 is 19.1 Å². The Labute approximate surface area is 131 Å². The molecule has 0 saturated carbocycles. The highest BCUT2D eigenvalue weighted by molar-refractivity contribution is 5.72. The molecule has 0 bridgehead atoms. The lowest BCUT2D eigenvalue weighted by molar-refractivity contribution is -0.141. The third-order valence-corrected chi connectivity index (χ3v) is 3.70. The number of ether oxygens (including phenoxy) is 2. The fourth-order valence-electron chi connectivity index (χ4n) is 2.80. The van der Waals surface area contributed by atoms with E-state index in [9.17, 15) is 9.59 Å². The predicted octanol–water partition coefficient (Wildman–Crippen LogP) is 2.78. The zero-order chi connectivity index (χ0) is 16.3. The maximum Gasteiger partial charge on any atom is 0.407 e. The van der Waals surface area contributed by atoms with Gasteiger partial charge in [0, 0.05) is 12.0 Å². The number of fused-ring (bicyclic) bond motifs is 1. The van der Waals surface area contributed by atoms with Gasteiger partial charge in [-0.3, -0.25) is 4.79 Å². The summed E-state index contributed by atoms with van der Waals surface area (Å²) in [5.41, 5.74) is 1.69. The van der Waals surface area contributed by atoms with Crippen LogP contribution < -0.4 is 5.32 Å². The summed E-state index contributed by atoms with van der Waals surface area (Å²) in [7, 11) is 1.37. The molecule has 1 aromatic rings. The highest BCUT2D eigenvalue weighted by Gasteiger charge is 2.35. The van der Waals surface area contributed by atoms with Gasteiger partial charge >= 0.3 is 12.1 Å². The molecule has 120 valence electrons. The quantitative estimate of drug-likeness (QED) is 0.872. The van der Waals surface area contributed by atoms with Crippen LogP contribution in [0.1, 0.15) is 44.2 Å². The van der Waals surface area contributed by atoms with Crippen LogP contribution >= 0.6 is 0 Å². The fraction of sp³-hybridized carbons (Fsp3) is 0.529. The number of methoxy groups -OCH3 is 1. The minimum atomic E-state index is -0.548. The van der Waals surface area contributed by atoms with Crippen LogP contribution in [0.2, 0.25) is 0 Å². The van der Waals surface area contributed by atoms with Crippen molar-refractivity contribution in [3.05, 3.63) is 35.4 Å². The lowest BCUT2D eigenvalue weighted by atomic mass is 9.95. The van der Waals surface area contributed by atoms with Crippen molar-refractivity contribution in [2.45, 2.75) is 51.2 Å². The normalized spacial score (nSPS) is 20.2. The highest BCUT2D eigenvalue weighted by Crippen LogP contribution is 2.36. The Balaban J connectivity index is 2.13. The second-order valence-corrected chi connectivity index (χ2v) is 6.54. The van der Waals surface area contributed by atoms with Crippen LogP contribution in [0.5, 0.6) is 0 Å². The molecule has 0 fully saturated rings. The highest BCUT2D eigenvalue weighted by atomic mass is 16.6. The number of nitrogens with one attached hydrogen (secondary N) is 1. The molecule has 22 heavy (non-hydrogen) atoms. The Morgan fingerprint density at radius 3 is 2.59 bits per heavy atom. The van der Waals surface area contributed by atoms with Crippen molar-refractivity contribution in [3.63, 3.8) is 0 Å². The van der Waals surface area contributed by atoms with E-state index in [2.05, 4.69) is 5.32 Å². The Bertz CT molecular complexity index is 562. The first-order valence-corrected chi connectivity index (χ1v) is 7.44. The molecule has 0 aliphatic heterocycles. The monoisotopic (exact) mass is 305 g/mol. The minimum Gasteiger partial charge on any atom is -0.469 e. The molecule has 1 N–H and O–H groups in total. The molecule has 1 aromatic carbocycles. The van der Waals surface area contributed by atoms with E-state index in [1.807, 2.05) is 45.0 Å². The summed E-state index contributed by atoms with van der Waals surface area (Å²) < 4.78 is 10.1. The lowest BCUT2D eigenvalue weighted by Gasteiger charge is -2.24. The van der Waals surface area contributed by atoms with Gasteiger partial charge in [0.1, 0.15) is 5.60 Å². The maximum atomic E-state index is 12.0. The zero-order valence-corrected chi connectivity index (χ0v) is 13.5. The van der Waals surface area contributed by atoms with E-state index in [1.165, 1.54) is 7.11 Å². The standard InChI is InChI=1S/C17H23NO4/c1-17(2,3)22-16(20)18-14-9-11-7-5-6-8-12(11)13(14)10-15(19)21-4/h5-8,13-14H,9-10H2,1-4H3,(H,18,20). The molecule has 0 saturated heterocycles. The summed E-state index contributed by atoms with van der Waals surface area (Å²) in [5.74, 6) is -0.367. The molecule has 0 spiro atoms. The van der Waals surface area contributed by atoms with Crippen molar-refractivity contribution >= 4 is 12.1 Å². The van der Waals surface area contributed by atoms with Gasteiger partial charge in [0.05, 0.1) is 13.5 Å². The molecular formula is C17H23NO4. The lowest BCUT2D eigenvalue weighted by Crippen LogP contribution is -2.41. The molecule has 1 aliphatic carbocycles. The topological polar surface area (TPSA) is 64.6 Å². The molecule has 1 aliphatic rings. The van der Waals surface area contributed by atoms with Crippen molar-refractivity contribution in [2.75, 3.05) is 7.11 Å². The van der Waals surface area contributed by atoms with E-state index in [0.717, 1.165) is 11.1 Å². The first kappa shape index (κ1) is 16.3. The fourth-order valence-corrected chi connectivity index (χ4v) is 2.80. The maximum absolute atomic E-state index is 12.0. The summed E-state index contributed by atoms with van der Waals surface area (Å²) in [4.78, 5) is 23.7. The molecule has 0 heterocycles. The second kappa shape index (κ2) is 6.38. The van der Waals surface area contributed by atoms with Crippen LogP contribution in [0.3, 0.4) is 0 Å². The number of carbonyl (C=O) groups is 2. The molecule has 2 unspecified atom stereocenters. The number of esters is 1. The van der Waals surface area contributed by atoms with Gasteiger partial charge in [-0.05, 0) is 38.3 Å². The third kappa shape index (κ3) is 4.00. The van der Waals surface area contributed by atoms with E-state index in [1.54, 1.807) is 0 Å². The number of amides is 1. The number of carbonyl (C=O) groups excluding carboxylic acids is 2. The molecular weight excluding hydrogens is 282 g/mol. The summed E-state index contributed by atoms with van der Waals surface area (Å²) in [6, 6.07) is 7.77. The molecule has 1 amide bonds. The van der Waals surface area contributed by atoms with Crippen molar-refractivity contribution in [1.82, 2.24) is 5.32 Å². The zero-order valence-electron chi connectivity index (χ0n) is 13.5. The molecule has 2 atom stereocenters. The Hall–Kier alpha value is -2.04. The second-order valence-electron chi connectivity index (χ2n) is 6.54. The summed E-state index contributed by atoms with van der Waals surface area (Å²) >= 11 is 0. The van der Waals surface area contributed by atoms with Gasteiger partial charge in [0.2, 0.25) is 0 Å². The van der Waals surface area contributed by atoms with Crippen LogP contribution in [-0.2, 0) is 20.7 Å². The minimum absolute atomic E-state index is 0.0869.